The minimum atomic E-state index is 0.480. The first-order valence-corrected chi connectivity index (χ1v) is 6.62. The molecule has 76 valence electrons. The molecule has 1 N–H and O–H groups in total. The normalized spacial score (nSPS) is 34.4. The summed E-state index contributed by atoms with van der Waals surface area (Å²) in [6.45, 7) is 3.63. The Kier molecular flexibility index (Phi) is 3.20. The molecule has 0 amide bonds. The van der Waals surface area contributed by atoms with Crippen LogP contribution in [0.2, 0.25) is 0 Å². The van der Waals surface area contributed by atoms with Gasteiger partial charge in [0.05, 0.1) is 4.87 Å². The van der Waals surface area contributed by atoms with E-state index in [1.54, 1.807) is 0 Å². The Morgan fingerprint density at radius 2 is 1.85 bits per heavy atom. The molecule has 2 fully saturated rings. The summed E-state index contributed by atoms with van der Waals surface area (Å²) in [5, 5.41) is 4.64. The van der Waals surface area contributed by atoms with Gasteiger partial charge in [-0.2, -0.15) is 0 Å². The Labute approximate surface area is 86.0 Å². The van der Waals surface area contributed by atoms with E-state index in [-0.39, 0.29) is 0 Å². The molecule has 2 aliphatic rings. The van der Waals surface area contributed by atoms with Gasteiger partial charge in [0.1, 0.15) is 0 Å². The first-order valence-electron chi connectivity index (χ1n) is 5.74. The van der Waals surface area contributed by atoms with Gasteiger partial charge in [0.15, 0.2) is 0 Å². The molecule has 0 radical (unpaired) electrons. The molecule has 1 heterocycles. The van der Waals surface area contributed by atoms with Gasteiger partial charge in [-0.25, -0.2) is 0 Å². The molecule has 1 atom stereocenters. The van der Waals surface area contributed by atoms with Gasteiger partial charge in [-0.3, -0.25) is 0 Å². The van der Waals surface area contributed by atoms with Crippen molar-refractivity contribution in [3.63, 3.8) is 0 Å². The number of nitrogens with one attached hydrogen (secondary N) is 1. The predicted molar refractivity (Wildman–Crippen MR) is 60.1 cm³/mol. The van der Waals surface area contributed by atoms with E-state index in [0.717, 1.165) is 5.25 Å². The standard InChI is InChI=1S/C11H21NS/c1-10-6-9-12-11(13-10)7-4-2-3-5-8-11/h10,12H,2-9H2,1H3. The minimum absolute atomic E-state index is 0.480. The summed E-state index contributed by atoms with van der Waals surface area (Å²) in [5.41, 5.74) is 0. The van der Waals surface area contributed by atoms with E-state index in [0.29, 0.717) is 4.87 Å². The number of hydrogen-bond donors (Lipinski definition) is 1. The van der Waals surface area contributed by atoms with Crippen LogP contribution in [0.1, 0.15) is 51.9 Å². The Bertz CT molecular complexity index is 161. The van der Waals surface area contributed by atoms with Crippen LogP contribution in [0.15, 0.2) is 0 Å². The molecular formula is C11H21NS. The average Bonchev–Trinajstić information content (AvgIpc) is 2.31. The van der Waals surface area contributed by atoms with Crippen LogP contribution in [0.3, 0.4) is 0 Å². The zero-order valence-electron chi connectivity index (χ0n) is 8.64. The maximum Gasteiger partial charge on any atom is 0.0647 e. The van der Waals surface area contributed by atoms with Crippen molar-refractivity contribution in [2.24, 2.45) is 0 Å². The smallest absolute Gasteiger partial charge is 0.0647 e. The lowest BCUT2D eigenvalue weighted by Crippen LogP contribution is -2.47. The van der Waals surface area contributed by atoms with Crippen molar-refractivity contribution in [1.82, 2.24) is 5.32 Å². The molecule has 1 aliphatic carbocycles. The summed E-state index contributed by atoms with van der Waals surface area (Å²) >= 11 is 2.21. The van der Waals surface area contributed by atoms with Crippen molar-refractivity contribution < 1.29 is 0 Å². The van der Waals surface area contributed by atoms with E-state index < -0.39 is 0 Å². The predicted octanol–water partition coefficient (Wildman–Crippen LogP) is 3.15. The molecule has 0 aromatic heterocycles. The molecule has 1 aliphatic heterocycles. The molecule has 1 saturated carbocycles. The van der Waals surface area contributed by atoms with Crippen LogP contribution < -0.4 is 5.32 Å². The zero-order valence-corrected chi connectivity index (χ0v) is 9.46. The molecule has 2 heteroatoms. The lowest BCUT2D eigenvalue weighted by atomic mass is 10.1. The fourth-order valence-electron chi connectivity index (χ4n) is 2.58. The van der Waals surface area contributed by atoms with E-state index in [4.69, 9.17) is 0 Å². The van der Waals surface area contributed by atoms with Crippen molar-refractivity contribution in [2.75, 3.05) is 6.54 Å². The Morgan fingerprint density at radius 1 is 1.15 bits per heavy atom. The first kappa shape index (κ1) is 9.85. The average molecular weight is 199 g/mol. The van der Waals surface area contributed by atoms with Crippen molar-refractivity contribution >= 4 is 11.8 Å². The van der Waals surface area contributed by atoms with Gasteiger partial charge in [-0.05, 0) is 25.8 Å². The third kappa shape index (κ3) is 2.41. The van der Waals surface area contributed by atoms with Gasteiger partial charge in [-0.15, -0.1) is 11.8 Å². The lowest BCUT2D eigenvalue weighted by molar-refractivity contribution is 0.395. The molecule has 1 unspecified atom stereocenters. The Balaban J connectivity index is 1.99. The minimum Gasteiger partial charge on any atom is -0.303 e. The maximum absolute atomic E-state index is 3.77. The molecular weight excluding hydrogens is 178 g/mol. The number of rotatable bonds is 0. The van der Waals surface area contributed by atoms with Crippen LogP contribution in [-0.2, 0) is 0 Å². The highest BCUT2D eigenvalue weighted by Gasteiger charge is 2.35. The molecule has 1 nitrogen and oxygen atoms in total. The molecule has 0 bridgehead atoms. The summed E-state index contributed by atoms with van der Waals surface area (Å²) in [6.07, 6.45) is 9.95. The van der Waals surface area contributed by atoms with Gasteiger partial charge in [0.25, 0.3) is 0 Å². The van der Waals surface area contributed by atoms with Gasteiger partial charge >= 0.3 is 0 Å². The van der Waals surface area contributed by atoms with Gasteiger partial charge < -0.3 is 5.32 Å². The summed E-state index contributed by atoms with van der Waals surface area (Å²) in [5.74, 6) is 0. The quantitative estimate of drug-likeness (QED) is 0.643. The van der Waals surface area contributed by atoms with Crippen molar-refractivity contribution in [3.8, 4) is 0 Å². The van der Waals surface area contributed by atoms with Crippen molar-refractivity contribution in [1.29, 1.82) is 0 Å². The van der Waals surface area contributed by atoms with E-state index >= 15 is 0 Å². The van der Waals surface area contributed by atoms with E-state index in [9.17, 15) is 0 Å². The number of hydrogen-bond acceptors (Lipinski definition) is 2. The lowest BCUT2D eigenvalue weighted by Gasteiger charge is -2.40. The van der Waals surface area contributed by atoms with Crippen LogP contribution in [0, 0.1) is 0 Å². The van der Waals surface area contributed by atoms with Gasteiger partial charge in [0, 0.05) is 5.25 Å². The van der Waals surface area contributed by atoms with Crippen LogP contribution in [0.25, 0.3) is 0 Å². The highest BCUT2D eigenvalue weighted by Crippen LogP contribution is 2.41. The first-order chi connectivity index (χ1) is 6.31. The Hall–Kier alpha value is 0.310. The SMILES string of the molecule is CC1CCNC2(CCCCCC2)S1. The topological polar surface area (TPSA) is 12.0 Å². The van der Waals surface area contributed by atoms with Crippen LogP contribution in [0.4, 0.5) is 0 Å². The van der Waals surface area contributed by atoms with Crippen molar-refractivity contribution in [3.05, 3.63) is 0 Å². The molecule has 0 aromatic carbocycles. The molecule has 2 rings (SSSR count). The summed E-state index contributed by atoms with van der Waals surface area (Å²) in [4.78, 5) is 0.480. The monoisotopic (exact) mass is 199 g/mol. The molecule has 0 aromatic rings. The van der Waals surface area contributed by atoms with Crippen LogP contribution >= 0.6 is 11.8 Å². The highest BCUT2D eigenvalue weighted by molar-refractivity contribution is 8.01. The molecule has 13 heavy (non-hydrogen) atoms. The second-order valence-corrected chi connectivity index (χ2v) is 6.37. The third-order valence-electron chi connectivity index (χ3n) is 3.34. The largest absolute Gasteiger partial charge is 0.303 e. The fraction of sp³-hybridized carbons (Fsp3) is 1.00. The summed E-state index contributed by atoms with van der Waals surface area (Å²) in [7, 11) is 0. The maximum atomic E-state index is 3.77. The fourth-order valence-corrected chi connectivity index (χ4v) is 4.30. The van der Waals surface area contributed by atoms with E-state index in [1.165, 1.54) is 51.5 Å². The molecule has 1 spiro atoms. The van der Waals surface area contributed by atoms with E-state index in [1.807, 2.05) is 0 Å². The number of thioether (sulfide) groups is 1. The van der Waals surface area contributed by atoms with Crippen LogP contribution in [0.5, 0.6) is 0 Å². The zero-order chi connectivity index (χ0) is 9.15. The molecule has 1 saturated heterocycles. The second kappa shape index (κ2) is 4.22. The van der Waals surface area contributed by atoms with E-state index in [2.05, 4.69) is 24.0 Å². The summed E-state index contributed by atoms with van der Waals surface area (Å²) < 4.78 is 0. The van der Waals surface area contributed by atoms with Crippen LogP contribution in [-0.4, -0.2) is 16.7 Å². The second-order valence-electron chi connectivity index (χ2n) is 4.55. The van der Waals surface area contributed by atoms with Gasteiger partial charge in [0.2, 0.25) is 0 Å². The highest BCUT2D eigenvalue weighted by atomic mass is 32.2. The summed E-state index contributed by atoms with van der Waals surface area (Å²) in [6, 6.07) is 0. The van der Waals surface area contributed by atoms with Crippen molar-refractivity contribution in [2.45, 2.75) is 62.0 Å². The Morgan fingerprint density at radius 3 is 2.46 bits per heavy atom. The van der Waals surface area contributed by atoms with Gasteiger partial charge in [-0.1, -0.05) is 32.6 Å². The third-order valence-corrected chi connectivity index (χ3v) is 4.98.